The van der Waals surface area contributed by atoms with Crippen molar-refractivity contribution < 1.29 is 23.8 Å². The van der Waals surface area contributed by atoms with Crippen molar-refractivity contribution in [3.05, 3.63) is 39.9 Å². The van der Waals surface area contributed by atoms with Gasteiger partial charge in [-0.05, 0) is 37.6 Å². The largest absolute Gasteiger partial charge is 0.491 e. The summed E-state index contributed by atoms with van der Waals surface area (Å²) in [6.07, 6.45) is 3.04. The fourth-order valence-electron chi connectivity index (χ4n) is 2.27. The van der Waals surface area contributed by atoms with Gasteiger partial charge in [0.2, 0.25) is 5.91 Å². The molecule has 0 atom stereocenters. The van der Waals surface area contributed by atoms with Gasteiger partial charge in [-0.2, -0.15) is 0 Å². The molecule has 0 aliphatic heterocycles. The number of methoxy groups -OCH3 is 1. The Kier molecular flexibility index (Phi) is 8.28. The smallest absolute Gasteiger partial charge is 0.311 e. The number of anilines is 1. The lowest BCUT2D eigenvalue weighted by molar-refractivity contribution is -0.142. The summed E-state index contributed by atoms with van der Waals surface area (Å²) in [5.74, 6) is 0.233. The van der Waals surface area contributed by atoms with E-state index in [1.165, 1.54) is 24.5 Å². The van der Waals surface area contributed by atoms with Crippen molar-refractivity contribution in [3.8, 4) is 11.5 Å². The lowest BCUT2D eigenvalue weighted by Gasteiger charge is -2.11. The van der Waals surface area contributed by atoms with Crippen LogP contribution in [0.1, 0.15) is 25.1 Å². The Morgan fingerprint density at radius 2 is 2.07 bits per heavy atom. The van der Waals surface area contributed by atoms with Crippen LogP contribution in [0, 0.1) is 0 Å². The molecule has 1 N–H and O–H groups in total. The summed E-state index contributed by atoms with van der Waals surface area (Å²) in [6, 6.07) is 3.41. The molecule has 1 aromatic heterocycles. The highest BCUT2D eigenvalue weighted by molar-refractivity contribution is 7.14. The minimum Gasteiger partial charge on any atom is -0.491 e. The van der Waals surface area contributed by atoms with E-state index in [1.807, 2.05) is 6.92 Å². The van der Waals surface area contributed by atoms with Crippen molar-refractivity contribution in [1.82, 2.24) is 4.98 Å². The van der Waals surface area contributed by atoms with Crippen LogP contribution in [0.3, 0.4) is 0 Å². The molecule has 1 amide bonds. The van der Waals surface area contributed by atoms with Crippen LogP contribution in [0.2, 0.25) is 5.02 Å². The van der Waals surface area contributed by atoms with E-state index < -0.39 is 0 Å². The summed E-state index contributed by atoms with van der Waals surface area (Å²) in [6.45, 7) is 4.37. The molecule has 1 aromatic carbocycles. The standard InChI is InChI=1S/C19H21ClN2O5S/c1-4-26-15-9-12(8-14(20)18(15)25-3)6-7-16(23)22-19-21-13(11-28-19)10-17(24)27-5-2/h6-9,11H,4-5,10H2,1-3H3,(H,21,22,23)/b7-6+. The average molecular weight is 425 g/mol. The molecular weight excluding hydrogens is 404 g/mol. The molecular formula is C19H21ClN2O5S. The maximum atomic E-state index is 12.1. The Hall–Kier alpha value is -2.58. The summed E-state index contributed by atoms with van der Waals surface area (Å²) >= 11 is 7.43. The zero-order chi connectivity index (χ0) is 20.5. The lowest BCUT2D eigenvalue weighted by Crippen LogP contribution is -2.09. The van der Waals surface area contributed by atoms with Crippen LogP contribution in [0.5, 0.6) is 11.5 Å². The molecule has 28 heavy (non-hydrogen) atoms. The third-order valence-electron chi connectivity index (χ3n) is 3.38. The highest BCUT2D eigenvalue weighted by Crippen LogP contribution is 2.36. The maximum Gasteiger partial charge on any atom is 0.311 e. The van der Waals surface area contributed by atoms with Crippen molar-refractivity contribution in [3.63, 3.8) is 0 Å². The van der Waals surface area contributed by atoms with Gasteiger partial charge in [-0.15, -0.1) is 11.3 Å². The zero-order valence-corrected chi connectivity index (χ0v) is 17.4. The van der Waals surface area contributed by atoms with Crippen molar-refractivity contribution in [1.29, 1.82) is 0 Å². The Morgan fingerprint density at radius 3 is 2.75 bits per heavy atom. The van der Waals surface area contributed by atoms with Gasteiger partial charge >= 0.3 is 5.97 Å². The van der Waals surface area contributed by atoms with Gasteiger partial charge < -0.3 is 14.2 Å². The van der Waals surface area contributed by atoms with Gasteiger partial charge in [0, 0.05) is 11.5 Å². The molecule has 0 spiro atoms. The van der Waals surface area contributed by atoms with Crippen LogP contribution in [0.15, 0.2) is 23.6 Å². The fourth-order valence-corrected chi connectivity index (χ4v) is 3.28. The average Bonchev–Trinajstić information content (AvgIpc) is 3.07. The summed E-state index contributed by atoms with van der Waals surface area (Å²) in [5.41, 5.74) is 1.23. The number of esters is 1. The summed E-state index contributed by atoms with van der Waals surface area (Å²) in [5, 5.41) is 5.14. The topological polar surface area (TPSA) is 86.8 Å². The molecule has 1 heterocycles. The molecule has 2 rings (SSSR count). The van der Waals surface area contributed by atoms with Gasteiger partial charge in [0.05, 0.1) is 37.5 Å². The van der Waals surface area contributed by atoms with E-state index in [1.54, 1.807) is 30.5 Å². The van der Waals surface area contributed by atoms with Crippen molar-refractivity contribution in [2.45, 2.75) is 20.3 Å². The van der Waals surface area contributed by atoms with E-state index in [4.69, 9.17) is 25.8 Å². The Balaban J connectivity index is 2.02. The Bertz CT molecular complexity index is 866. The second-order valence-electron chi connectivity index (χ2n) is 5.42. The predicted octanol–water partition coefficient (Wildman–Crippen LogP) is 3.96. The number of rotatable bonds is 9. The van der Waals surface area contributed by atoms with Crippen LogP contribution in [-0.2, 0) is 20.7 Å². The number of thiazole rings is 1. The third kappa shape index (κ3) is 6.24. The quantitative estimate of drug-likeness (QED) is 0.484. The van der Waals surface area contributed by atoms with E-state index in [0.717, 1.165) is 0 Å². The minimum absolute atomic E-state index is 0.0700. The number of benzene rings is 1. The fraction of sp³-hybridized carbons (Fsp3) is 0.316. The maximum absolute atomic E-state index is 12.1. The first-order valence-corrected chi connectivity index (χ1v) is 9.82. The first kappa shape index (κ1) is 21.7. The number of halogens is 1. The van der Waals surface area contributed by atoms with Gasteiger partial charge in [-0.25, -0.2) is 4.98 Å². The van der Waals surface area contributed by atoms with E-state index >= 15 is 0 Å². The van der Waals surface area contributed by atoms with Crippen molar-refractivity contribution in [2.75, 3.05) is 25.6 Å². The molecule has 150 valence electrons. The first-order valence-electron chi connectivity index (χ1n) is 8.56. The normalized spacial score (nSPS) is 10.7. The molecule has 0 aliphatic carbocycles. The number of nitrogens with zero attached hydrogens (tertiary/aromatic N) is 1. The highest BCUT2D eigenvalue weighted by Gasteiger charge is 2.11. The van der Waals surface area contributed by atoms with Gasteiger partial charge in [-0.1, -0.05) is 11.6 Å². The van der Waals surface area contributed by atoms with Crippen LogP contribution in [0.4, 0.5) is 5.13 Å². The van der Waals surface area contributed by atoms with E-state index in [-0.39, 0.29) is 18.3 Å². The zero-order valence-electron chi connectivity index (χ0n) is 15.8. The monoisotopic (exact) mass is 424 g/mol. The SMILES string of the molecule is CCOC(=O)Cc1csc(NC(=O)/C=C/c2cc(Cl)c(OC)c(OCC)c2)n1. The van der Waals surface area contributed by atoms with E-state index in [0.29, 0.717) is 46.1 Å². The van der Waals surface area contributed by atoms with E-state index in [2.05, 4.69) is 10.3 Å². The summed E-state index contributed by atoms with van der Waals surface area (Å²) in [7, 11) is 1.51. The third-order valence-corrected chi connectivity index (χ3v) is 4.46. The number of carbonyl (C=O) groups excluding carboxylic acids is 2. The van der Waals surface area contributed by atoms with Gasteiger partial charge in [0.15, 0.2) is 16.6 Å². The molecule has 0 saturated carbocycles. The van der Waals surface area contributed by atoms with Crippen molar-refractivity contribution >= 4 is 46.0 Å². The predicted molar refractivity (Wildman–Crippen MR) is 109 cm³/mol. The molecule has 2 aromatic rings. The Morgan fingerprint density at radius 1 is 1.29 bits per heavy atom. The highest BCUT2D eigenvalue weighted by atomic mass is 35.5. The van der Waals surface area contributed by atoms with Crippen LogP contribution in [-0.4, -0.2) is 37.2 Å². The molecule has 7 nitrogen and oxygen atoms in total. The lowest BCUT2D eigenvalue weighted by atomic mass is 10.2. The molecule has 0 fully saturated rings. The van der Waals surface area contributed by atoms with Crippen LogP contribution in [0.25, 0.3) is 6.08 Å². The molecule has 9 heteroatoms. The number of carbonyl (C=O) groups is 2. The van der Waals surface area contributed by atoms with Gasteiger partial charge in [0.1, 0.15) is 0 Å². The number of hydrogen-bond acceptors (Lipinski definition) is 7. The first-order chi connectivity index (χ1) is 13.5. The van der Waals surface area contributed by atoms with Gasteiger partial charge in [0.25, 0.3) is 0 Å². The van der Waals surface area contributed by atoms with Crippen LogP contribution >= 0.6 is 22.9 Å². The summed E-state index contributed by atoms with van der Waals surface area (Å²) in [4.78, 5) is 27.8. The number of nitrogens with one attached hydrogen (secondary N) is 1. The minimum atomic E-state index is -0.359. The van der Waals surface area contributed by atoms with Crippen LogP contribution < -0.4 is 14.8 Å². The number of aromatic nitrogens is 1. The molecule has 0 unspecified atom stereocenters. The second-order valence-corrected chi connectivity index (χ2v) is 6.68. The molecule has 0 saturated heterocycles. The molecule has 0 radical (unpaired) electrons. The summed E-state index contributed by atoms with van der Waals surface area (Å²) < 4.78 is 15.6. The number of ether oxygens (including phenoxy) is 3. The van der Waals surface area contributed by atoms with Gasteiger partial charge in [-0.3, -0.25) is 14.9 Å². The Labute approximate surface area is 172 Å². The number of hydrogen-bond donors (Lipinski definition) is 1. The second kappa shape index (κ2) is 10.7. The van der Waals surface area contributed by atoms with E-state index in [9.17, 15) is 9.59 Å². The molecule has 0 bridgehead atoms. The number of amides is 1. The molecule has 0 aliphatic rings. The van der Waals surface area contributed by atoms with Crippen molar-refractivity contribution in [2.24, 2.45) is 0 Å².